The van der Waals surface area contributed by atoms with Crippen LogP contribution in [0.15, 0.2) is 30.5 Å². The van der Waals surface area contributed by atoms with Gasteiger partial charge in [-0.2, -0.15) is 18.3 Å². The summed E-state index contributed by atoms with van der Waals surface area (Å²) in [5.41, 5.74) is -1.26. The van der Waals surface area contributed by atoms with E-state index in [-0.39, 0.29) is 22.5 Å². The Morgan fingerprint density at radius 2 is 1.76 bits per heavy atom. The fraction of sp³-hybridized carbons (Fsp3) is 0.316. The number of piperidine rings is 1. The molecule has 1 amide bonds. The fourth-order valence-electron chi connectivity index (χ4n) is 3.41. The van der Waals surface area contributed by atoms with Gasteiger partial charge in [-0.05, 0) is 43.5 Å². The van der Waals surface area contributed by atoms with Crippen LogP contribution in [0.1, 0.15) is 35.3 Å². The van der Waals surface area contributed by atoms with Gasteiger partial charge in [0.1, 0.15) is 5.56 Å². The molecule has 7 nitrogen and oxygen atoms in total. The zero-order valence-corrected chi connectivity index (χ0v) is 15.1. The second kappa shape index (κ2) is 6.94. The van der Waals surface area contributed by atoms with Crippen LogP contribution in [0.2, 0.25) is 0 Å². The maximum atomic E-state index is 13.6. The van der Waals surface area contributed by atoms with Gasteiger partial charge in [0, 0.05) is 18.7 Å². The van der Waals surface area contributed by atoms with Gasteiger partial charge in [-0.1, -0.05) is 0 Å². The van der Waals surface area contributed by atoms with E-state index in [0.717, 1.165) is 43.7 Å². The predicted octanol–water partition coefficient (Wildman–Crippen LogP) is 3.45. The number of likely N-dealkylation sites (tertiary alicyclic amines) is 1. The average molecular weight is 406 g/mol. The fourth-order valence-corrected chi connectivity index (χ4v) is 3.41. The molecule has 4 rings (SSSR count). The van der Waals surface area contributed by atoms with Crippen molar-refractivity contribution in [3.8, 4) is 22.8 Å². The lowest BCUT2D eigenvalue weighted by Crippen LogP contribution is -2.35. The Hall–Kier alpha value is -3.30. The van der Waals surface area contributed by atoms with E-state index < -0.39 is 29.3 Å². The number of aromatic nitrogens is 3. The Morgan fingerprint density at radius 3 is 2.41 bits per heavy atom. The maximum absolute atomic E-state index is 13.6. The minimum Gasteiger partial charge on any atom is -0.504 e. The van der Waals surface area contributed by atoms with Gasteiger partial charge in [0.25, 0.3) is 5.91 Å². The first-order chi connectivity index (χ1) is 13.8. The Labute approximate surface area is 163 Å². The molecule has 0 bridgehead atoms. The number of halogens is 3. The van der Waals surface area contributed by atoms with Crippen LogP contribution in [0.25, 0.3) is 16.9 Å². The molecule has 152 valence electrons. The molecule has 1 aliphatic heterocycles. The second-order valence-corrected chi connectivity index (χ2v) is 6.87. The summed E-state index contributed by atoms with van der Waals surface area (Å²) in [5, 5.41) is 22.9. The number of amides is 1. The summed E-state index contributed by atoms with van der Waals surface area (Å²) < 4.78 is 41.6. The molecule has 0 saturated carbocycles. The highest BCUT2D eigenvalue weighted by atomic mass is 19.4. The summed E-state index contributed by atoms with van der Waals surface area (Å²) in [5.74, 6) is -1.31. The molecule has 1 fully saturated rings. The SMILES string of the molecule is O=C(c1cnn2c(C(F)(F)F)cc(-c3ccc(O)c(O)c3)nc12)N1CCCCC1. The normalized spacial score (nSPS) is 15.1. The Kier molecular flexibility index (Phi) is 4.56. The third-order valence-electron chi connectivity index (χ3n) is 4.91. The smallest absolute Gasteiger partial charge is 0.433 e. The molecule has 10 heteroatoms. The van der Waals surface area contributed by atoms with Crippen molar-refractivity contribution in [2.75, 3.05) is 13.1 Å². The summed E-state index contributed by atoms with van der Waals surface area (Å²) in [6.45, 7) is 1.07. The summed E-state index contributed by atoms with van der Waals surface area (Å²) in [6, 6.07) is 4.38. The largest absolute Gasteiger partial charge is 0.504 e. The lowest BCUT2D eigenvalue weighted by Gasteiger charge is -2.26. The van der Waals surface area contributed by atoms with Gasteiger partial charge in [-0.3, -0.25) is 4.79 Å². The molecular formula is C19H17F3N4O3. The summed E-state index contributed by atoms with van der Waals surface area (Å²) in [4.78, 5) is 18.7. The van der Waals surface area contributed by atoms with E-state index in [1.807, 2.05) is 0 Å². The van der Waals surface area contributed by atoms with Crippen molar-refractivity contribution < 1.29 is 28.2 Å². The minimum atomic E-state index is -4.74. The summed E-state index contributed by atoms with van der Waals surface area (Å²) >= 11 is 0. The molecule has 0 atom stereocenters. The van der Waals surface area contributed by atoms with Crippen molar-refractivity contribution in [2.45, 2.75) is 25.4 Å². The van der Waals surface area contributed by atoms with Gasteiger partial charge >= 0.3 is 6.18 Å². The van der Waals surface area contributed by atoms with Crippen molar-refractivity contribution in [2.24, 2.45) is 0 Å². The van der Waals surface area contributed by atoms with Crippen molar-refractivity contribution in [1.29, 1.82) is 0 Å². The van der Waals surface area contributed by atoms with Crippen LogP contribution >= 0.6 is 0 Å². The molecule has 29 heavy (non-hydrogen) atoms. The van der Waals surface area contributed by atoms with E-state index in [1.165, 1.54) is 6.07 Å². The van der Waals surface area contributed by atoms with E-state index in [2.05, 4.69) is 10.1 Å². The predicted molar refractivity (Wildman–Crippen MR) is 96.5 cm³/mol. The Balaban J connectivity index is 1.89. The van der Waals surface area contributed by atoms with Gasteiger partial charge < -0.3 is 15.1 Å². The molecule has 0 radical (unpaired) electrons. The number of phenolic OH excluding ortho intramolecular Hbond substituents is 2. The number of fused-ring (bicyclic) bond motifs is 1. The molecule has 0 spiro atoms. The van der Waals surface area contributed by atoms with E-state index in [0.29, 0.717) is 17.6 Å². The first kappa shape index (κ1) is 19.0. The van der Waals surface area contributed by atoms with E-state index in [4.69, 9.17) is 0 Å². The molecule has 3 heterocycles. The van der Waals surface area contributed by atoms with Crippen LogP contribution < -0.4 is 0 Å². The lowest BCUT2D eigenvalue weighted by molar-refractivity contribution is -0.142. The number of carbonyl (C=O) groups is 1. The molecule has 1 aliphatic rings. The number of aromatic hydroxyl groups is 2. The third-order valence-corrected chi connectivity index (χ3v) is 4.91. The van der Waals surface area contributed by atoms with Gasteiger partial charge in [-0.25, -0.2) is 9.50 Å². The topological polar surface area (TPSA) is 91.0 Å². The summed E-state index contributed by atoms with van der Waals surface area (Å²) in [6.07, 6.45) is -0.961. The number of nitrogens with zero attached hydrogens (tertiary/aromatic N) is 4. The lowest BCUT2D eigenvalue weighted by atomic mass is 10.1. The highest BCUT2D eigenvalue weighted by Crippen LogP contribution is 2.35. The van der Waals surface area contributed by atoms with E-state index in [9.17, 15) is 28.2 Å². The number of phenols is 2. The van der Waals surface area contributed by atoms with Crippen molar-refractivity contribution in [3.63, 3.8) is 0 Å². The molecule has 2 aromatic heterocycles. The van der Waals surface area contributed by atoms with Crippen LogP contribution in [0.4, 0.5) is 13.2 Å². The second-order valence-electron chi connectivity index (χ2n) is 6.87. The van der Waals surface area contributed by atoms with Crippen molar-refractivity contribution >= 4 is 11.6 Å². The zero-order chi connectivity index (χ0) is 20.8. The number of hydrogen-bond acceptors (Lipinski definition) is 5. The summed E-state index contributed by atoms with van der Waals surface area (Å²) in [7, 11) is 0. The number of benzene rings is 1. The van der Waals surface area contributed by atoms with E-state index >= 15 is 0 Å². The van der Waals surface area contributed by atoms with Crippen LogP contribution in [0, 0.1) is 0 Å². The maximum Gasteiger partial charge on any atom is 0.433 e. The van der Waals surface area contributed by atoms with E-state index in [1.54, 1.807) is 4.90 Å². The first-order valence-electron chi connectivity index (χ1n) is 9.03. The highest BCUT2D eigenvalue weighted by Gasteiger charge is 2.36. The number of rotatable bonds is 2. The first-order valence-corrected chi connectivity index (χ1v) is 9.03. The molecule has 3 aromatic rings. The third kappa shape index (κ3) is 3.45. The standard InChI is InChI=1S/C19H17F3N4O3/c20-19(21,22)16-9-13(11-4-5-14(27)15(28)8-11)24-17-12(10-23-26(16)17)18(29)25-6-2-1-3-7-25/h4-5,8-10,27-28H,1-3,6-7H2. The van der Waals surface area contributed by atoms with Gasteiger partial charge in [0.2, 0.25) is 0 Å². The van der Waals surface area contributed by atoms with Gasteiger partial charge in [0.15, 0.2) is 22.8 Å². The molecular weight excluding hydrogens is 389 g/mol. The zero-order valence-electron chi connectivity index (χ0n) is 15.1. The van der Waals surface area contributed by atoms with Crippen molar-refractivity contribution in [1.82, 2.24) is 19.5 Å². The Bertz CT molecular complexity index is 1090. The monoisotopic (exact) mass is 406 g/mol. The average Bonchev–Trinajstić information content (AvgIpc) is 3.12. The van der Waals surface area contributed by atoms with Crippen molar-refractivity contribution in [3.05, 3.63) is 41.7 Å². The quantitative estimate of drug-likeness (QED) is 0.636. The van der Waals surface area contributed by atoms with Crippen LogP contribution in [0.5, 0.6) is 11.5 Å². The van der Waals surface area contributed by atoms with Crippen LogP contribution in [0.3, 0.4) is 0 Å². The van der Waals surface area contributed by atoms with Crippen LogP contribution in [-0.2, 0) is 6.18 Å². The number of alkyl halides is 3. The molecule has 0 unspecified atom stereocenters. The van der Waals surface area contributed by atoms with Gasteiger partial charge in [0.05, 0.1) is 11.9 Å². The van der Waals surface area contributed by atoms with Crippen LogP contribution in [-0.4, -0.2) is 48.7 Å². The molecule has 1 aromatic carbocycles. The highest BCUT2D eigenvalue weighted by molar-refractivity contribution is 6.00. The Morgan fingerprint density at radius 1 is 1.03 bits per heavy atom. The minimum absolute atomic E-state index is 0.0118. The number of hydrogen-bond donors (Lipinski definition) is 2. The molecule has 1 saturated heterocycles. The number of carbonyl (C=O) groups excluding carboxylic acids is 1. The van der Waals surface area contributed by atoms with Gasteiger partial charge in [-0.15, -0.1) is 0 Å². The molecule has 0 aliphatic carbocycles. The molecule has 2 N–H and O–H groups in total.